The molecule has 0 heterocycles. The van der Waals surface area contributed by atoms with Gasteiger partial charge in [-0.05, 0) is 30.0 Å². The molecule has 1 atom stereocenters. The fourth-order valence-corrected chi connectivity index (χ4v) is 1.79. The zero-order valence-electron chi connectivity index (χ0n) is 9.87. The van der Waals surface area contributed by atoms with Crippen molar-refractivity contribution in [3.63, 3.8) is 0 Å². The summed E-state index contributed by atoms with van der Waals surface area (Å²) in [4.78, 5) is 11.0. The summed E-state index contributed by atoms with van der Waals surface area (Å²) >= 11 is 5.92. The molecule has 0 N–H and O–H groups in total. The van der Waals surface area contributed by atoms with Crippen molar-refractivity contribution in [3.05, 3.63) is 34.9 Å². The highest BCUT2D eigenvalue weighted by atomic mass is 35.5. The second-order valence-corrected chi connectivity index (χ2v) is 4.72. The van der Waals surface area contributed by atoms with Crippen LogP contribution >= 0.6 is 11.6 Å². The van der Waals surface area contributed by atoms with Crippen LogP contribution < -0.4 is 0 Å². The van der Waals surface area contributed by atoms with Gasteiger partial charge in [-0.2, -0.15) is 0 Å². The zero-order valence-corrected chi connectivity index (χ0v) is 10.6. The molecule has 0 aliphatic rings. The Bertz CT molecular complexity index is 361. The van der Waals surface area contributed by atoms with Crippen LogP contribution in [-0.4, -0.2) is 5.97 Å². The molecular weight excluding hydrogens is 224 g/mol. The molecule has 0 radical (unpaired) electrons. The molecule has 1 aromatic rings. The van der Waals surface area contributed by atoms with E-state index < -0.39 is 0 Å². The predicted octanol–water partition coefficient (Wildman–Crippen LogP) is 3.99. The summed E-state index contributed by atoms with van der Waals surface area (Å²) in [5.41, 5.74) is 0.955. The Balaban J connectivity index is 2.86. The normalized spacial score (nSPS) is 12.6. The first-order valence-corrected chi connectivity index (χ1v) is 5.79. The van der Waals surface area contributed by atoms with Gasteiger partial charge in [-0.15, -0.1) is 0 Å². The highest BCUT2D eigenvalue weighted by Gasteiger charge is 2.16. The number of hydrogen-bond acceptors (Lipinski definition) is 2. The molecule has 2 nitrogen and oxygen atoms in total. The number of hydrogen-bond donors (Lipinski definition) is 0. The minimum atomic E-state index is -0.259. The lowest BCUT2D eigenvalue weighted by Gasteiger charge is -2.19. The fraction of sp³-hybridized carbons (Fsp3) is 0.462. The lowest BCUT2D eigenvalue weighted by atomic mass is 9.99. The van der Waals surface area contributed by atoms with Gasteiger partial charge < -0.3 is 4.74 Å². The van der Waals surface area contributed by atoms with Gasteiger partial charge in [0, 0.05) is 11.9 Å². The number of esters is 1. The maximum absolute atomic E-state index is 11.0. The van der Waals surface area contributed by atoms with Crippen LogP contribution in [0.2, 0.25) is 5.02 Å². The van der Waals surface area contributed by atoms with E-state index in [0.29, 0.717) is 10.9 Å². The maximum atomic E-state index is 11.0. The molecular formula is C13H17ClO2. The summed E-state index contributed by atoms with van der Waals surface area (Å²) in [6.45, 7) is 5.62. The average Bonchev–Trinajstić information content (AvgIpc) is 2.15. The molecule has 1 rings (SSSR count). The molecule has 3 heteroatoms. The van der Waals surface area contributed by atoms with Crippen LogP contribution in [-0.2, 0) is 9.53 Å². The van der Waals surface area contributed by atoms with Crippen molar-refractivity contribution < 1.29 is 9.53 Å². The third-order valence-electron chi connectivity index (χ3n) is 2.21. The molecule has 0 saturated heterocycles. The molecule has 1 aromatic carbocycles. The van der Waals surface area contributed by atoms with E-state index in [1.165, 1.54) is 6.92 Å². The van der Waals surface area contributed by atoms with Crippen LogP contribution in [0.15, 0.2) is 24.3 Å². The van der Waals surface area contributed by atoms with Crippen molar-refractivity contribution in [2.24, 2.45) is 5.92 Å². The van der Waals surface area contributed by atoms with Crippen molar-refractivity contribution in [2.45, 2.75) is 33.3 Å². The molecule has 0 fully saturated rings. The fourth-order valence-electron chi connectivity index (χ4n) is 1.59. The number of halogens is 1. The molecule has 0 spiro atoms. The number of rotatable bonds is 4. The van der Waals surface area contributed by atoms with Crippen LogP contribution in [0.1, 0.15) is 38.9 Å². The average molecular weight is 241 g/mol. The molecule has 0 bridgehead atoms. The Labute approximate surface area is 102 Å². The van der Waals surface area contributed by atoms with Gasteiger partial charge in [0.1, 0.15) is 6.10 Å². The third-order valence-corrected chi connectivity index (χ3v) is 2.45. The zero-order chi connectivity index (χ0) is 12.1. The monoisotopic (exact) mass is 240 g/mol. The smallest absolute Gasteiger partial charge is 0.303 e. The first kappa shape index (κ1) is 13.0. The van der Waals surface area contributed by atoms with Crippen LogP contribution in [0.3, 0.4) is 0 Å². The van der Waals surface area contributed by atoms with Gasteiger partial charge in [0.15, 0.2) is 0 Å². The first-order chi connectivity index (χ1) is 7.49. The van der Waals surface area contributed by atoms with Crippen LogP contribution in [0.5, 0.6) is 0 Å². The van der Waals surface area contributed by atoms with Crippen molar-refractivity contribution in [2.75, 3.05) is 0 Å². The standard InChI is InChI=1S/C13H17ClO2/c1-9(2)7-13(16-10(3)15)11-5-4-6-12(14)8-11/h4-6,8-9,13H,7H2,1-3H3. The van der Waals surface area contributed by atoms with Crippen LogP contribution in [0.4, 0.5) is 0 Å². The van der Waals surface area contributed by atoms with E-state index in [1.807, 2.05) is 24.3 Å². The molecule has 0 saturated carbocycles. The number of carbonyl (C=O) groups is 1. The molecule has 0 aromatic heterocycles. The van der Waals surface area contributed by atoms with E-state index >= 15 is 0 Å². The van der Waals surface area contributed by atoms with Crippen molar-refractivity contribution in [1.29, 1.82) is 0 Å². The number of carbonyl (C=O) groups excluding carboxylic acids is 1. The number of benzene rings is 1. The second-order valence-electron chi connectivity index (χ2n) is 4.28. The molecule has 0 aliphatic heterocycles. The summed E-state index contributed by atoms with van der Waals surface area (Å²) < 4.78 is 5.30. The van der Waals surface area contributed by atoms with Gasteiger partial charge in [-0.1, -0.05) is 37.6 Å². The summed E-state index contributed by atoms with van der Waals surface area (Å²) in [6.07, 6.45) is 0.608. The van der Waals surface area contributed by atoms with E-state index in [4.69, 9.17) is 16.3 Å². The third kappa shape index (κ3) is 4.23. The highest BCUT2D eigenvalue weighted by molar-refractivity contribution is 6.30. The van der Waals surface area contributed by atoms with Crippen molar-refractivity contribution in [1.82, 2.24) is 0 Å². The minimum Gasteiger partial charge on any atom is -0.458 e. The van der Waals surface area contributed by atoms with Crippen LogP contribution in [0, 0.1) is 5.92 Å². The predicted molar refractivity (Wildman–Crippen MR) is 65.4 cm³/mol. The van der Waals surface area contributed by atoms with Gasteiger partial charge in [0.05, 0.1) is 0 Å². The molecule has 0 amide bonds. The SMILES string of the molecule is CC(=O)OC(CC(C)C)c1cccc(Cl)c1. The summed E-state index contributed by atoms with van der Waals surface area (Å²) in [5.74, 6) is 0.203. The largest absolute Gasteiger partial charge is 0.458 e. The summed E-state index contributed by atoms with van der Waals surface area (Å²) in [7, 11) is 0. The lowest BCUT2D eigenvalue weighted by molar-refractivity contribution is -0.147. The number of ether oxygens (including phenoxy) is 1. The Morgan fingerprint density at radius 1 is 1.44 bits per heavy atom. The molecule has 1 unspecified atom stereocenters. The minimum absolute atomic E-state index is 0.198. The quantitative estimate of drug-likeness (QED) is 0.744. The Morgan fingerprint density at radius 2 is 2.12 bits per heavy atom. The highest BCUT2D eigenvalue weighted by Crippen LogP contribution is 2.27. The Kier molecular flexibility index (Phi) is 4.81. The van der Waals surface area contributed by atoms with Gasteiger partial charge in [0.25, 0.3) is 0 Å². The summed E-state index contributed by atoms with van der Waals surface area (Å²) in [6, 6.07) is 7.46. The van der Waals surface area contributed by atoms with Crippen LogP contribution in [0.25, 0.3) is 0 Å². The van der Waals surface area contributed by atoms with Gasteiger partial charge in [0.2, 0.25) is 0 Å². The van der Waals surface area contributed by atoms with E-state index in [0.717, 1.165) is 12.0 Å². The summed E-state index contributed by atoms with van der Waals surface area (Å²) in [5, 5.41) is 0.665. The Hall–Kier alpha value is -1.02. The van der Waals surface area contributed by atoms with E-state index in [9.17, 15) is 4.79 Å². The lowest BCUT2D eigenvalue weighted by Crippen LogP contribution is -2.11. The molecule has 0 aliphatic carbocycles. The van der Waals surface area contributed by atoms with Gasteiger partial charge in [-0.3, -0.25) is 4.79 Å². The van der Waals surface area contributed by atoms with Crippen molar-refractivity contribution >= 4 is 17.6 Å². The maximum Gasteiger partial charge on any atom is 0.303 e. The molecule has 88 valence electrons. The van der Waals surface area contributed by atoms with Gasteiger partial charge >= 0.3 is 5.97 Å². The van der Waals surface area contributed by atoms with E-state index in [2.05, 4.69) is 13.8 Å². The van der Waals surface area contributed by atoms with Gasteiger partial charge in [-0.25, -0.2) is 0 Å². The molecule has 16 heavy (non-hydrogen) atoms. The van der Waals surface area contributed by atoms with E-state index in [1.54, 1.807) is 0 Å². The van der Waals surface area contributed by atoms with E-state index in [-0.39, 0.29) is 12.1 Å². The topological polar surface area (TPSA) is 26.3 Å². The first-order valence-electron chi connectivity index (χ1n) is 5.41. The Morgan fingerprint density at radius 3 is 2.62 bits per heavy atom. The second kappa shape index (κ2) is 5.90. The van der Waals surface area contributed by atoms with Crippen molar-refractivity contribution in [3.8, 4) is 0 Å².